The summed E-state index contributed by atoms with van der Waals surface area (Å²) in [6, 6.07) is 16.0. The molecule has 11 heteroatoms. The van der Waals surface area contributed by atoms with Gasteiger partial charge in [0.1, 0.15) is 5.92 Å². The van der Waals surface area contributed by atoms with E-state index in [-0.39, 0.29) is 24.8 Å². The van der Waals surface area contributed by atoms with E-state index in [1.807, 2.05) is 6.07 Å². The van der Waals surface area contributed by atoms with Crippen molar-refractivity contribution in [3.63, 3.8) is 0 Å². The number of halogens is 1. The first kappa shape index (κ1) is 27.0. The molecule has 5 rings (SSSR count). The quantitative estimate of drug-likeness (QED) is 0.414. The number of methoxy groups -OCH3 is 1. The normalized spacial score (nSPS) is 16.1. The van der Waals surface area contributed by atoms with E-state index in [9.17, 15) is 19.2 Å². The lowest BCUT2D eigenvalue weighted by molar-refractivity contribution is -0.134. The molecule has 2 heterocycles. The predicted octanol–water partition coefficient (Wildman–Crippen LogP) is 3.83. The highest BCUT2D eigenvalue weighted by Gasteiger charge is 2.42. The maximum Gasteiger partial charge on any atom is 0.335 e. The zero-order chi connectivity index (χ0) is 28.4. The Morgan fingerprint density at radius 2 is 1.82 bits per heavy atom. The molecule has 2 aliphatic heterocycles. The van der Waals surface area contributed by atoms with E-state index < -0.39 is 23.8 Å². The Morgan fingerprint density at radius 3 is 2.52 bits per heavy atom. The molecule has 206 valence electrons. The Hall–Kier alpha value is -4.57. The molecule has 0 aliphatic carbocycles. The first-order chi connectivity index (χ1) is 19.3. The maximum absolute atomic E-state index is 13.6. The number of barbiturate groups is 1. The van der Waals surface area contributed by atoms with E-state index >= 15 is 0 Å². The predicted molar refractivity (Wildman–Crippen MR) is 146 cm³/mol. The molecule has 1 atom stereocenters. The van der Waals surface area contributed by atoms with Crippen molar-refractivity contribution in [2.75, 3.05) is 32.4 Å². The van der Waals surface area contributed by atoms with Crippen molar-refractivity contribution < 1.29 is 33.4 Å². The lowest BCUT2D eigenvalue weighted by atomic mass is 9.90. The van der Waals surface area contributed by atoms with Gasteiger partial charge in [0.25, 0.3) is 5.91 Å². The fraction of sp³-hybridized carbons (Fsp3) is 0.241. The first-order valence-electron chi connectivity index (χ1n) is 12.5. The number of likely N-dealkylation sites (N-methyl/N-ethyl adjacent to an activating group) is 1. The summed E-state index contributed by atoms with van der Waals surface area (Å²) in [4.78, 5) is 54.6. The van der Waals surface area contributed by atoms with Crippen molar-refractivity contribution in [2.24, 2.45) is 5.92 Å². The molecule has 1 fully saturated rings. The zero-order valence-corrected chi connectivity index (χ0v) is 22.6. The summed E-state index contributed by atoms with van der Waals surface area (Å²) in [6.45, 7) is 0.326. The molecule has 3 aromatic carbocycles. The lowest BCUT2D eigenvalue weighted by Gasteiger charge is -2.31. The van der Waals surface area contributed by atoms with Gasteiger partial charge in [-0.3, -0.25) is 19.7 Å². The van der Waals surface area contributed by atoms with Crippen molar-refractivity contribution in [2.45, 2.75) is 12.8 Å². The summed E-state index contributed by atoms with van der Waals surface area (Å²) in [5.41, 5.74) is 2.10. The highest BCUT2D eigenvalue weighted by atomic mass is 35.5. The van der Waals surface area contributed by atoms with Crippen LogP contribution in [0.25, 0.3) is 0 Å². The molecule has 0 radical (unpaired) electrons. The van der Waals surface area contributed by atoms with Gasteiger partial charge >= 0.3 is 6.03 Å². The number of carbonyl (C=O) groups excluding carboxylic acids is 4. The Morgan fingerprint density at radius 1 is 1.10 bits per heavy atom. The number of fused-ring (bicyclic) bond motifs is 1. The first-order valence-corrected chi connectivity index (χ1v) is 12.9. The van der Waals surface area contributed by atoms with Gasteiger partial charge in [0.15, 0.2) is 11.5 Å². The van der Waals surface area contributed by atoms with Crippen molar-refractivity contribution in [3.05, 3.63) is 82.4 Å². The van der Waals surface area contributed by atoms with Crippen LogP contribution in [0.3, 0.4) is 0 Å². The second-order valence-corrected chi connectivity index (χ2v) is 9.76. The Kier molecular flexibility index (Phi) is 7.61. The highest BCUT2D eigenvalue weighted by molar-refractivity contribution is 6.31. The lowest BCUT2D eigenvalue weighted by Crippen LogP contribution is -2.58. The summed E-state index contributed by atoms with van der Waals surface area (Å²) < 4.78 is 16.9. The van der Waals surface area contributed by atoms with Gasteiger partial charge < -0.3 is 19.1 Å². The number of imide groups is 2. The molecule has 3 aromatic rings. The third kappa shape index (κ3) is 5.17. The van der Waals surface area contributed by atoms with Crippen LogP contribution in [-0.4, -0.2) is 56.1 Å². The van der Waals surface area contributed by atoms with Gasteiger partial charge in [0, 0.05) is 29.7 Å². The number of hydrogen-bond donors (Lipinski definition) is 1. The smallest absolute Gasteiger partial charge is 0.335 e. The molecule has 1 N–H and O–H groups in total. The fourth-order valence-electron chi connectivity index (χ4n) is 4.79. The molecule has 0 aromatic heterocycles. The average molecular weight is 564 g/mol. The van der Waals surface area contributed by atoms with Crippen LogP contribution >= 0.6 is 11.6 Å². The molecular weight excluding hydrogens is 538 g/mol. The second-order valence-electron chi connectivity index (χ2n) is 9.33. The van der Waals surface area contributed by atoms with Gasteiger partial charge in [0.2, 0.25) is 24.4 Å². The fourth-order valence-corrected chi connectivity index (χ4v) is 4.92. The highest BCUT2D eigenvalue weighted by Crippen LogP contribution is 2.46. The second kappa shape index (κ2) is 11.3. The molecule has 5 amide bonds. The molecular formula is C29H26ClN3O7. The van der Waals surface area contributed by atoms with Gasteiger partial charge in [-0.2, -0.15) is 0 Å². The third-order valence-corrected chi connectivity index (χ3v) is 7.12. The van der Waals surface area contributed by atoms with E-state index in [1.165, 1.54) is 19.2 Å². The molecule has 0 spiro atoms. The number of nitrogens with one attached hydrogen (secondary N) is 1. The summed E-state index contributed by atoms with van der Waals surface area (Å²) in [7, 11) is 3.16. The molecule has 40 heavy (non-hydrogen) atoms. The van der Waals surface area contributed by atoms with Crippen LogP contribution in [0.1, 0.15) is 21.5 Å². The molecule has 0 saturated carbocycles. The minimum Gasteiger partial charge on any atom is -0.492 e. The van der Waals surface area contributed by atoms with Crippen LogP contribution in [0.2, 0.25) is 5.02 Å². The van der Waals surface area contributed by atoms with Crippen molar-refractivity contribution in [3.8, 4) is 17.2 Å². The molecule has 2 aliphatic rings. The Labute approximate surface area is 235 Å². The molecule has 0 unspecified atom stereocenters. The van der Waals surface area contributed by atoms with Gasteiger partial charge in [0.05, 0.1) is 12.8 Å². The van der Waals surface area contributed by atoms with Crippen LogP contribution in [0.15, 0.2) is 60.7 Å². The van der Waals surface area contributed by atoms with Crippen LogP contribution < -0.4 is 24.4 Å². The SMILES string of the molecule is COc1c(C[C@@H]2C(=O)NC(=O)N(c3ccc(Cl)cc3)C2=O)c(CCN(C)C(=O)c2ccccc2)cc2c1OCO2. The molecule has 10 nitrogen and oxygen atoms in total. The standard InChI is InChI=1S/C29H26ClN3O7/c1-32(27(35)17-6-4-3-5-7-17)13-12-18-14-23-25(40-16-39-23)24(38-2)21(18)15-22-26(34)31-29(37)33(28(22)36)20-10-8-19(30)9-11-20/h3-11,14,22H,12-13,15-16H2,1-2H3,(H,31,34,37)/t22-/m1/s1. The largest absolute Gasteiger partial charge is 0.492 e. The number of hydrogen-bond acceptors (Lipinski definition) is 7. The van der Waals surface area contributed by atoms with Crippen LogP contribution in [0.4, 0.5) is 10.5 Å². The van der Waals surface area contributed by atoms with E-state index in [4.69, 9.17) is 25.8 Å². The van der Waals surface area contributed by atoms with Crippen molar-refractivity contribution in [1.82, 2.24) is 10.2 Å². The summed E-state index contributed by atoms with van der Waals surface area (Å²) >= 11 is 5.97. The summed E-state index contributed by atoms with van der Waals surface area (Å²) in [5.74, 6) is -1.62. The number of carbonyl (C=O) groups is 4. The van der Waals surface area contributed by atoms with Crippen molar-refractivity contribution in [1.29, 1.82) is 0 Å². The topological polar surface area (TPSA) is 114 Å². The van der Waals surface area contributed by atoms with E-state index in [0.717, 1.165) is 4.90 Å². The number of rotatable bonds is 8. The van der Waals surface area contributed by atoms with Gasteiger partial charge in [-0.25, -0.2) is 9.69 Å². The number of nitrogens with zero attached hydrogens (tertiary/aromatic N) is 2. The number of amides is 5. The van der Waals surface area contributed by atoms with Gasteiger partial charge in [-0.15, -0.1) is 0 Å². The molecule has 1 saturated heterocycles. The van der Waals surface area contributed by atoms with Crippen LogP contribution in [0, 0.1) is 5.92 Å². The number of anilines is 1. The Bertz CT molecular complexity index is 1480. The van der Waals surface area contributed by atoms with E-state index in [2.05, 4.69) is 5.32 Å². The average Bonchev–Trinajstić information content (AvgIpc) is 3.43. The van der Waals surface area contributed by atoms with Crippen molar-refractivity contribution >= 4 is 41.0 Å². The van der Waals surface area contributed by atoms with E-state index in [1.54, 1.807) is 54.4 Å². The number of urea groups is 1. The van der Waals surface area contributed by atoms with Gasteiger partial charge in [-0.1, -0.05) is 29.8 Å². The van der Waals surface area contributed by atoms with E-state index in [0.29, 0.717) is 51.9 Å². The summed E-state index contributed by atoms with van der Waals surface area (Å²) in [5, 5.41) is 2.72. The third-order valence-electron chi connectivity index (χ3n) is 6.86. The number of benzene rings is 3. The zero-order valence-electron chi connectivity index (χ0n) is 21.8. The molecule has 0 bridgehead atoms. The summed E-state index contributed by atoms with van der Waals surface area (Å²) in [6.07, 6.45) is 0.299. The minimum absolute atomic E-state index is 0.0112. The van der Waals surface area contributed by atoms with Crippen LogP contribution in [-0.2, 0) is 22.4 Å². The number of ether oxygens (including phenoxy) is 3. The maximum atomic E-state index is 13.6. The van der Waals surface area contributed by atoms with Crippen LogP contribution in [0.5, 0.6) is 17.2 Å². The monoisotopic (exact) mass is 563 g/mol. The Balaban J connectivity index is 1.45. The minimum atomic E-state index is -1.23. The van der Waals surface area contributed by atoms with Gasteiger partial charge in [-0.05, 0) is 60.9 Å².